The topological polar surface area (TPSA) is 85.4 Å². The summed E-state index contributed by atoms with van der Waals surface area (Å²) < 4.78 is 14.5. The zero-order valence-corrected chi connectivity index (χ0v) is 14.3. The van der Waals surface area contributed by atoms with Crippen LogP contribution in [-0.4, -0.2) is 61.8 Å². The van der Waals surface area contributed by atoms with Crippen molar-refractivity contribution in [2.75, 3.05) is 32.9 Å². The van der Waals surface area contributed by atoms with Gasteiger partial charge in [0.05, 0.1) is 13.2 Å². The van der Waals surface area contributed by atoms with Gasteiger partial charge in [-0.1, -0.05) is 13.2 Å². The van der Waals surface area contributed by atoms with Gasteiger partial charge in [0.1, 0.15) is 19.3 Å². The highest BCUT2D eigenvalue weighted by atomic mass is 16.6. The minimum Gasteiger partial charge on any atom is -0.460 e. The SMILES string of the molecule is C=C(C)C(=O)OCC1CO1.C=C(C)C(=O)OCCN1CCCC1=O. The standard InChI is InChI=1S/C10H15NO3.C7H10O3/c1-8(2)10(13)14-7-6-11-5-3-4-9(11)12;1-5(2)7(8)10-4-6-3-9-6/h1,3-7H2,2H3;6H,1,3-4H2,2H3. The third kappa shape index (κ3) is 7.92. The lowest BCUT2D eigenvalue weighted by Crippen LogP contribution is -2.29. The molecule has 0 aromatic rings. The van der Waals surface area contributed by atoms with Crippen LogP contribution < -0.4 is 0 Å². The van der Waals surface area contributed by atoms with E-state index in [0.29, 0.717) is 37.3 Å². The van der Waals surface area contributed by atoms with Gasteiger partial charge in [-0.3, -0.25) is 4.79 Å². The molecule has 0 saturated carbocycles. The first-order chi connectivity index (χ1) is 11.3. The van der Waals surface area contributed by atoms with E-state index in [0.717, 1.165) is 13.0 Å². The number of esters is 2. The lowest BCUT2D eigenvalue weighted by Gasteiger charge is -2.14. The molecule has 1 atom stereocenters. The molecule has 0 N–H and O–H groups in total. The van der Waals surface area contributed by atoms with Crippen LogP contribution in [0.3, 0.4) is 0 Å². The molecule has 1 amide bonds. The highest BCUT2D eigenvalue weighted by Gasteiger charge is 2.24. The number of hydrogen-bond donors (Lipinski definition) is 0. The van der Waals surface area contributed by atoms with Crippen molar-refractivity contribution in [2.45, 2.75) is 32.8 Å². The molecule has 0 aromatic heterocycles. The Kier molecular flexibility index (Phi) is 8.18. The first-order valence-electron chi connectivity index (χ1n) is 7.86. The number of carbonyl (C=O) groups excluding carboxylic acids is 3. The zero-order chi connectivity index (χ0) is 18.1. The number of ether oxygens (including phenoxy) is 3. The Labute approximate surface area is 142 Å². The van der Waals surface area contributed by atoms with Crippen LogP contribution in [0.15, 0.2) is 24.3 Å². The predicted molar refractivity (Wildman–Crippen MR) is 87.1 cm³/mol. The minimum absolute atomic E-state index is 0.142. The molecule has 2 heterocycles. The molecule has 7 heteroatoms. The van der Waals surface area contributed by atoms with Gasteiger partial charge in [0, 0.05) is 24.1 Å². The van der Waals surface area contributed by atoms with Gasteiger partial charge < -0.3 is 19.1 Å². The van der Waals surface area contributed by atoms with Gasteiger partial charge in [-0.25, -0.2) is 9.59 Å². The fourth-order valence-corrected chi connectivity index (χ4v) is 1.77. The van der Waals surface area contributed by atoms with Crippen LogP contribution in [0.4, 0.5) is 0 Å². The van der Waals surface area contributed by atoms with Crippen LogP contribution in [0, 0.1) is 0 Å². The first-order valence-corrected chi connectivity index (χ1v) is 7.86. The number of rotatable bonds is 7. The Morgan fingerprint density at radius 1 is 1.21 bits per heavy atom. The van der Waals surface area contributed by atoms with Crippen LogP contribution in [0.2, 0.25) is 0 Å². The number of hydrogen-bond acceptors (Lipinski definition) is 6. The highest BCUT2D eigenvalue weighted by molar-refractivity contribution is 5.87. The molecular weight excluding hydrogens is 314 g/mol. The average Bonchev–Trinajstić information content (AvgIpc) is 3.27. The molecule has 134 valence electrons. The molecule has 2 rings (SSSR count). The normalized spacial score (nSPS) is 18.3. The average molecular weight is 339 g/mol. The Morgan fingerprint density at radius 2 is 1.79 bits per heavy atom. The maximum atomic E-state index is 11.2. The number of likely N-dealkylation sites (tertiary alicyclic amines) is 1. The molecule has 2 saturated heterocycles. The predicted octanol–water partition coefficient (Wildman–Crippen LogP) is 1.23. The third-order valence-electron chi connectivity index (χ3n) is 3.27. The first kappa shape index (κ1) is 19.9. The molecule has 0 aliphatic carbocycles. The summed E-state index contributed by atoms with van der Waals surface area (Å²) in [4.78, 5) is 34.5. The molecule has 2 aliphatic heterocycles. The van der Waals surface area contributed by atoms with Crippen molar-refractivity contribution in [1.82, 2.24) is 4.90 Å². The van der Waals surface area contributed by atoms with Crippen molar-refractivity contribution >= 4 is 17.8 Å². The molecule has 0 radical (unpaired) electrons. The summed E-state index contributed by atoms with van der Waals surface area (Å²) in [5, 5.41) is 0. The van der Waals surface area contributed by atoms with E-state index in [9.17, 15) is 14.4 Å². The number of carbonyl (C=O) groups is 3. The van der Waals surface area contributed by atoms with E-state index in [-0.39, 0.29) is 24.6 Å². The molecule has 1 unspecified atom stereocenters. The van der Waals surface area contributed by atoms with Gasteiger partial charge in [-0.05, 0) is 20.3 Å². The number of nitrogens with zero attached hydrogens (tertiary/aromatic N) is 1. The highest BCUT2D eigenvalue weighted by Crippen LogP contribution is 2.09. The lowest BCUT2D eigenvalue weighted by atomic mass is 10.4. The molecule has 7 nitrogen and oxygen atoms in total. The summed E-state index contributed by atoms with van der Waals surface area (Å²) >= 11 is 0. The lowest BCUT2D eigenvalue weighted by molar-refractivity contribution is -0.141. The summed E-state index contributed by atoms with van der Waals surface area (Å²) in [7, 11) is 0. The van der Waals surface area contributed by atoms with Crippen molar-refractivity contribution in [3.8, 4) is 0 Å². The van der Waals surface area contributed by atoms with Crippen LogP contribution in [0.5, 0.6) is 0 Å². The number of epoxide rings is 1. The van der Waals surface area contributed by atoms with Gasteiger partial charge in [0.25, 0.3) is 0 Å². The van der Waals surface area contributed by atoms with E-state index in [2.05, 4.69) is 13.2 Å². The van der Waals surface area contributed by atoms with Crippen molar-refractivity contribution in [3.05, 3.63) is 24.3 Å². The van der Waals surface area contributed by atoms with E-state index in [1.807, 2.05) is 0 Å². The smallest absolute Gasteiger partial charge is 0.333 e. The molecule has 0 spiro atoms. The maximum Gasteiger partial charge on any atom is 0.333 e. The minimum atomic E-state index is -0.392. The van der Waals surface area contributed by atoms with Gasteiger partial charge in [0.2, 0.25) is 5.91 Å². The fourth-order valence-electron chi connectivity index (χ4n) is 1.77. The summed E-state index contributed by atoms with van der Waals surface area (Å²) in [6, 6.07) is 0. The van der Waals surface area contributed by atoms with E-state index in [4.69, 9.17) is 14.2 Å². The summed E-state index contributed by atoms with van der Waals surface area (Å²) in [6.45, 7) is 12.7. The zero-order valence-electron chi connectivity index (χ0n) is 14.3. The van der Waals surface area contributed by atoms with Gasteiger partial charge in [-0.15, -0.1) is 0 Å². The largest absolute Gasteiger partial charge is 0.460 e. The van der Waals surface area contributed by atoms with Crippen molar-refractivity contribution in [1.29, 1.82) is 0 Å². The van der Waals surface area contributed by atoms with Crippen molar-refractivity contribution in [3.63, 3.8) is 0 Å². The summed E-state index contributed by atoms with van der Waals surface area (Å²) in [5.74, 6) is -0.580. The van der Waals surface area contributed by atoms with Crippen LogP contribution in [0.25, 0.3) is 0 Å². The molecule has 2 aliphatic rings. The molecule has 0 aromatic carbocycles. The van der Waals surface area contributed by atoms with E-state index in [1.54, 1.807) is 18.7 Å². The third-order valence-corrected chi connectivity index (χ3v) is 3.27. The maximum absolute atomic E-state index is 11.2. The van der Waals surface area contributed by atoms with Crippen LogP contribution >= 0.6 is 0 Å². The summed E-state index contributed by atoms with van der Waals surface area (Å²) in [6.07, 6.45) is 1.67. The van der Waals surface area contributed by atoms with Gasteiger partial charge in [0.15, 0.2) is 0 Å². The molecule has 0 bridgehead atoms. The van der Waals surface area contributed by atoms with Gasteiger partial charge >= 0.3 is 11.9 Å². The van der Waals surface area contributed by atoms with Crippen LogP contribution in [0.1, 0.15) is 26.7 Å². The Balaban J connectivity index is 0.000000254. The summed E-state index contributed by atoms with van der Waals surface area (Å²) in [5.41, 5.74) is 0.818. The second-order valence-corrected chi connectivity index (χ2v) is 5.73. The van der Waals surface area contributed by atoms with E-state index < -0.39 is 5.97 Å². The van der Waals surface area contributed by atoms with Crippen molar-refractivity contribution < 1.29 is 28.6 Å². The Hall–Kier alpha value is -2.15. The van der Waals surface area contributed by atoms with E-state index >= 15 is 0 Å². The Morgan fingerprint density at radius 3 is 2.25 bits per heavy atom. The van der Waals surface area contributed by atoms with Crippen LogP contribution in [-0.2, 0) is 28.6 Å². The fraction of sp³-hybridized carbons (Fsp3) is 0.588. The second-order valence-electron chi connectivity index (χ2n) is 5.73. The monoisotopic (exact) mass is 339 g/mol. The Bertz CT molecular complexity index is 509. The molecule has 24 heavy (non-hydrogen) atoms. The second kappa shape index (κ2) is 9.87. The molecule has 2 fully saturated rings. The molecular formula is C17H25NO6. The van der Waals surface area contributed by atoms with Crippen molar-refractivity contribution in [2.24, 2.45) is 0 Å². The van der Waals surface area contributed by atoms with E-state index in [1.165, 1.54) is 0 Å². The van der Waals surface area contributed by atoms with Gasteiger partial charge in [-0.2, -0.15) is 0 Å². The number of amides is 1. The quantitative estimate of drug-likeness (QED) is 0.394.